The van der Waals surface area contributed by atoms with Crippen molar-refractivity contribution in [1.29, 1.82) is 0 Å². The molecule has 1 amide bonds. The number of aromatic nitrogens is 2. The van der Waals surface area contributed by atoms with Gasteiger partial charge in [-0.25, -0.2) is 0 Å². The van der Waals surface area contributed by atoms with Crippen molar-refractivity contribution in [3.63, 3.8) is 0 Å². The molecule has 0 bridgehead atoms. The first-order valence-electron chi connectivity index (χ1n) is 11.7. The number of fused-ring (bicyclic) bond motifs is 1. The summed E-state index contributed by atoms with van der Waals surface area (Å²) < 4.78 is 19.9. The van der Waals surface area contributed by atoms with Gasteiger partial charge in [0.05, 0.1) is 29.0 Å². The predicted molar refractivity (Wildman–Crippen MR) is 135 cm³/mol. The molecule has 184 valence electrons. The Balaban J connectivity index is 1.40. The molecule has 0 saturated carbocycles. The lowest BCUT2D eigenvalue weighted by Gasteiger charge is -2.32. The number of carbonyl (C=O) groups excluding carboxylic acids is 1. The van der Waals surface area contributed by atoms with Gasteiger partial charge in [-0.1, -0.05) is 32.9 Å². The van der Waals surface area contributed by atoms with E-state index in [1.165, 1.54) is 0 Å². The highest BCUT2D eigenvalue weighted by molar-refractivity contribution is 6.99. The third-order valence-corrected chi connectivity index (χ3v) is 6.81. The molecule has 1 atom stereocenters. The molecule has 9 nitrogen and oxygen atoms in total. The standard InChI is InChI=1S/C25H29N5O4S/c1-25(2,3)21(15-9-10-18-19(13-15)34-14-33-18)27-23-22(28-35-29-23)26-17-8-6-7-16(20(17)31)24(32)30-11-4-5-12-30/h6-10,13,21,31H,4-5,11-12,14H2,1-3H3,(H,26,28)(H,27,29). The minimum absolute atomic E-state index is 0.0912. The van der Waals surface area contributed by atoms with Crippen LogP contribution in [0.5, 0.6) is 17.2 Å². The van der Waals surface area contributed by atoms with E-state index in [1.807, 2.05) is 18.2 Å². The number of phenols is 1. The van der Waals surface area contributed by atoms with Crippen LogP contribution < -0.4 is 20.1 Å². The van der Waals surface area contributed by atoms with Crippen molar-refractivity contribution in [2.24, 2.45) is 5.41 Å². The molecule has 3 aromatic rings. The van der Waals surface area contributed by atoms with Gasteiger partial charge in [0.2, 0.25) is 6.79 Å². The van der Waals surface area contributed by atoms with Crippen molar-refractivity contribution in [3.05, 3.63) is 47.5 Å². The number of amides is 1. The van der Waals surface area contributed by atoms with Crippen LogP contribution in [0, 0.1) is 5.41 Å². The van der Waals surface area contributed by atoms with E-state index in [9.17, 15) is 9.90 Å². The molecular formula is C25H29N5O4S. The van der Waals surface area contributed by atoms with Crippen LogP contribution in [0.15, 0.2) is 36.4 Å². The summed E-state index contributed by atoms with van der Waals surface area (Å²) in [5.74, 6) is 2.24. The maximum atomic E-state index is 12.9. The smallest absolute Gasteiger partial charge is 0.257 e. The number of likely N-dealkylation sites (tertiary alicyclic amines) is 1. The molecule has 3 heterocycles. The Hall–Kier alpha value is -3.53. The van der Waals surface area contributed by atoms with Crippen LogP contribution in [-0.4, -0.2) is 44.5 Å². The summed E-state index contributed by atoms with van der Waals surface area (Å²) in [7, 11) is 0. The number of hydrogen-bond acceptors (Lipinski definition) is 9. The number of ether oxygens (including phenoxy) is 2. The highest BCUT2D eigenvalue weighted by atomic mass is 32.1. The maximum Gasteiger partial charge on any atom is 0.257 e. The zero-order chi connectivity index (χ0) is 24.6. The largest absolute Gasteiger partial charge is 0.505 e. The van der Waals surface area contributed by atoms with Crippen molar-refractivity contribution in [2.75, 3.05) is 30.5 Å². The molecule has 5 rings (SSSR count). The molecule has 0 radical (unpaired) electrons. The van der Waals surface area contributed by atoms with Gasteiger partial charge in [0.25, 0.3) is 5.91 Å². The highest BCUT2D eigenvalue weighted by Gasteiger charge is 2.30. The molecule has 3 N–H and O–H groups in total. The molecule has 1 aromatic heterocycles. The molecule has 0 spiro atoms. The van der Waals surface area contributed by atoms with Crippen molar-refractivity contribution in [3.8, 4) is 17.2 Å². The van der Waals surface area contributed by atoms with Gasteiger partial charge in [-0.15, -0.1) is 0 Å². The summed E-state index contributed by atoms with van der Waals surface area (Å²) in [6.07, 6.45) is 1.98. The molecule has 0 aliphatic carbocycles. The second-order valence-corrected chi connectivity index (χ2v) is 10.4. The maximum absolute atomic E-state index is 12.9. The lowest BCUT2D eigenvalue weighted by molar-refractivity contribution is 0.0790. The number of rotatable bonds is 6. The minimum Gasteiger partial charge on any atom is -0.505 e. The fourth-order valence-electron chi connectivity index (χ4n) is 4.43. The summed E-state index contributed by atoms with van der Waals surface area (Å²) in [6, 6.07) is 10.9. The first-order chi connectivity index (χ1) is 16.8. The van der Waals surface area contributed by atoms with Crippen molar-refractivity contribution in [2.45, 2.75) is 39.7 Å². The van der Waals surface area contributed by atoms with E-state index in [0.717, 1.165) is 41.6 Å². The van der Waals surface area contributed by atoms with Crippen LogP contribution in [0.4, 0.5) is 17.3 Å². The Morgan fingerprint density at radius 1 is 1.09 bits per heavy atom. The molecule has 35 heavy (non-hydrogen) atoms. The molecule has 2 aliphatic rings. The van der Waals surface area contributed by atoms with Gasteiger partial charge in [-0.3, -0.25) is 4.79 Å². The Kier molecular flexibility index (Phi) is 6.14. The van der Waals surface area contributed by atoms with Gasteiger partial charge in [-0.2, -0.15) is 8.75 Å². The number of aromatic hydroxyl groups is 1. The summed E-state index contributed by atoms with van der Waals surface area (Å²) in [5.41, 5.74) is 1.55. The normalized spacial score (nSPS) is 15.8. The monoisotopic (exact) mass is 495 g/mol. The second-order valence-electron chi connectivity index (χ2n) is 9.84. The van der Waals surface area contributed by atoms with Crippen LogP contribution in [0.3, 0.4) is 0 Å². The van der Waals surface area contributed by atoms with Gasteiger partial charge < -0.3 is 30.1 Å². The number of benzene rings is 2. The van der Waals surface area contributed by atoms with E-state index in [2.05, 4.69) is 40.2 Å². The molecule has 2 aliphatic heterocycles. The molecule has 1 unspecified atom stereocenters. The van der Waals surface area contributed by atoms with Gasteiger partial charge in [-0.05, 0) is 48.1 Å². The van der Waals surface area contributed by atoms with Gasteiger partial charge >= 0.3 is 0 Å². The van der Waals surface area contributed by atoms with E-state index in [-0.39, 0.29) is 35.5 Å². The number of nitrogens with zero attached hydrogens (tertiary/aromatic N) is 3. The van der Waals surface area contributed by atoms with Gasteiger partial charge in [0.1, 0.15) is 0 Å². The van der Waals surface area contributed by atoms with Crippen LogP contribution in [0.25, 0.3) is 0 Å². The average molecular weight is 496 g/mol. The second kappa shape index (κ2) is 9.26. The Bertz CT molecular complexity index is 1230. The Labute approximate surface area is 208 Å². The number of nitrogens with one attached hydrogen (secondary N) is 2. The topological polar surface area (TPSA) is 109 Å². The Morgan fingerprint density at radius 2 is 1.83 bits per heavy atom. The number of phenolic OH excluding ortho intramolecular Hbond substituents is 1. The molecule has 2 aromatic carbocycles. The van der Waals surface area contributed by atoms with E-state index < -0.39 is 0 Å². The number of hydrogen-bond donors (Lipinski definition) is 3. The summed E-state index contributed by atoms with van der Waals surface area (Å²) in [6.45, 7) is 8.08. The fourth-order valence-corrected chi connectivity index (χ4v) is 4.91. The quantitative estimate of drug-likeness (QED) is 0.403. The van der Waals surface area contributed by atoms with E-state index in [0.29, 0.717) is 30.4 Å². The number of carbonyl (C=O) groups is 1. The number of para-hydroxylation sites is 1. The summed E-state index contributed by atoms with van der Waals surface area (Å²) >= 11 is 1.06. The molecular weight excluding hydrogens is 466 g/mol. The zero-order valence-electron chi connectivity index (χ0n) is 20.0. The van der Waals surface area contributed by atoms with Crippen LogP contribution in [0.1, 0.15) is 55.6 Å². The zero-order valence-corrected chi connectivity index (χ0v) is 20.8. The summed E-state index contributed by atoms with van der Waals surface area (Å²) in [5, 5.41) is 17.6. The van der Waals surface area contributed by atoms with Crippen LogP contribution in [0.2, 0.25) is 0 Å². The highest BCUT2D eigenvalue weighted by Crippen LogP contribution is 2.42. The van der Waals surface area contributed by atoms with Crippen molar-refractivity contribution >= 4 is 35.0 Å². The van der Waals surface area contributed by atoms with E-state index >= 15 is 0 Å². The Morgan fingerprint density at radius 3 is 2.60 bits per heavy atom. The van der Waals surface area contributed by atoms with Crippen LogP contribution >= 0.6 is 11.7 Å². The first-order valence-corrected chi connectivity index (χ1v) is 12.4. The average Bonchev–Trinajstić information content (AvgIpc) is 3.59. The third-order valence-electron chi connectivity index (χ3n) is 6.28. The third kappa shape index (κ3) is 4.70. The summed E-state index contributed by atoms with van der Waals surface area (Å²) in [4.78, 5) is 14.6. The number of anilines is 3. The van der Waals surface area contributed by atoms with Crippen molar-refractivity contribution < 1.29 is 19.4 Å². The molecule has 1 saturated heterocycles. The van der Waals surface area contributed by atoms with E-state index in [1.54, 1.807) is 23.1 Å². The first kappa shape index (κ1) is 23.2. The lowest BCUT2D eigenvalue weighted by Crippen LogP contribution is -2.27. The fraction of sp³-hybridized carbons (Fsp3) is 0.400. The molecule has 10 heteroatoms. The van der Waals surface area contributed by atoms with Gasteiger partial charge in [0, 0.05) is 13.1 Å². The predicted octanol–water partition coefficient (Wildman–Crippen LogP) is 5.15. The minimum atomic E-state index is -0.168. The van der Waals surface area contributed by atoms with E-state index in [4.69, 9.17) is 9.47 Å². The van der Waals surface area contributed by atoms with Gasteiger partial charge in [0.15, 0.2) is 28.9 Å². The van der Waals surface area contributed by atoms with Crippen LogP contribution in [-0.2, 0) is 0 Å². The lowest BCUT2D eigenvalue weighted by atomic mass is 9.82. The molecule has 1 fully saturated rings. The SMILES string of the molecule is CC(C)(C)C(Nc1nsnc1Nc1cccc(C(=O)N2CCCC2)c1O)c1ccc2c(c1)OCO2. The van der Waals surface area contributed by atoms with Crippen molar-refractivity contribution in [1.82, 2.24) is 13.6 Å².